The molecule has 0 saturated heterocycles. The molecule has 0 fully saturated rings. The molecule has 30 heavy (non-hydrogen) atoms. The highest BCUT2D eigenvalue weighted by atomic mass is 32.2. The van der Waals surface area contributed by atoms with Gasteiger partial charge in [-0.1, -0.05) is 12.1 Å². The minimum Gasteiger partial charge on any atom is -0.348 e. The number of nitrogens with one attached hydrogen (secondary N) is 2. The van der Waals surface area contributed by atoms with Crippen molar-refractivity contribution >= 4 is 32.4 Å². The first-order chi connectivity index (χ1) is 14.5. The van der Waals surface area contributed by atoms with E-state index in [1.54, 1.807) is 29.6 Å². The maximum absolute atomic E-state index is 12.4. The van der Waals surface area contributed by atoms with Crippen LogP contribution >= 0.6 is 11.3 Å². The van der Waals surface area contributed by atoms with Crippen LogP contribution in [0.4, 0.5) is 5.13 Å². The maximum atomic E-state index is 12.4. The van der Waals surface area contributed by atoms with Crippen molar-refractivity contribution < 1.29 is 13.2 Å². The van der Waals surface area contributed by atoms with Gasteiger partial charge in [0.15, 0.2) is 5.13 Å². The van der Waals surface area contributed by atoms with Crippen molar-refractivity contribution in [1.82, 2.24) is 14.9 Å². The summed E-state index contributed by atoms with van der Waals surface area (Å²) in [7, 11) is -3.69. The lowest BCUT2D eigenvalue weighted by Crippen LogP contribution is -2.22. The largest absolute Gasteiger partial charge is 0.348 e. The number of hydrogen-bond donors (Lipinski definition) is 2. The highest BCUT2D eigenvalue weighted by molar-refractivity contribution is 7.93. The van der Waals surface area contributed by atoms with Crippen LogP contribution in [0.5, 0.6) is 0 Å². The summed E-state index contributed by atoms with van der Waals surface area (Å²) in [4.78, 5) is 16.4. The summed E-state index contributed by atoms with van der Waals surface area (Å²) in [5, 5.41) is 4.85. The first kappa shape index (κ1) is 19.9. The molecule has 4 rings (SSSR count). The second-order valence-electron chi connectivity index (χ2n) is 6.41. The Morgan fingerprint density at radius 2 is 1.70 bits per heavy atom. The topological polar surface area (TPSA) is 93.1 Å². The molecule has 0 bridgehead atoms. The number of thiazole rings is 1. The quantitative estimate of drug-likeness (QED) is 0.460. The van der Waals surface area contributed by atoms with Crippen molar-refractivity contribution in [3.05, 3.63) is 95.8 Å². The summed E-state index contributed by atoms with van der Waals surface area (Å²) in [5.41, 5.74) is 2.32. The lowest BCUT2D eigenvalue weighted by Gasteiger charge is -2.09. The Morgan fingerprint density at radius 3 is 2.33 bits per heavy atom. The Morgan fingerprint density at radius 1 is 1.00 bits per heavy atom. The molecule has 0 unspecified atom stereocenters. The zero-order chi connectivity index (χ0) is 21.0. The number of aromatic nitrogens is 2. The van der Waals surface area contributed by atoms with Gasteiger partial charge in [0, 0.05) is 41.8 Å². The molecule has 0 aliphatic heterocycles. The van der Waals surface area contributed by atoms with Crippen LogP contribution in [0.2, 0.25) is 0 Å². The van der Waals surface area contributed by atoms with E-state index in [1.807, 2.05) is 41.2 Å². The van der Waals surface area contributed by atoms with E-state index in [1.165, 1.54) is 29.7 Å². The predicted octanol–water partition coefficient (Wildman–Crippen LogP) is 3.66. The minimum atomic E-state index is -3.69. The Bertz CT molecular complexity index is 1220. The molecule has 0 spiro atoms. The van der Waals surface area contributed by atoms with E-state index in [0.717, 1.165) is 11.3 Å². The smallest absolute Gasteiger partial charge is 0.263 e. The zero-order valence-corrected chi connectivity index (χ0v) is 17.4. The lowest BCUT2D eigenvalue weighted by molar-refractivity contribution is 0.0951. The van der Waals surface area contributed by atoms with E-state index < -0.39 is 10.0 Å². The average Bonchev–Trinajstić information content (AvgIpc) is 3.46. The second-order valence-corrected chi connectivity index (χ2v) is 8.98. The number of carbonyl (C=O) groups excluding carboxylic acids is 1. The fraction of sp³-hybridized carbons (Fsp3) is 0.0476. The zero-order valence-electron chi connectivity index (χ0n) is 15.7. The monoisotopic (exact) mass is 438 g/mol. The van der Waals surface area contributed by atoms with Gasteiger partial charge in [-0.2, -0.15) is 0 Å². The Labute approximate surface area is 178 Å². The molecule has 9 heteroatoms. The van der Waals surface area contributed by atoms with Crippen LogP contribution in [0.25, 0.3) is 5.69 Å². The first-order valence-electron chi connectivity index (χ1n) is 9.04. The van der Waals surface area contributed by atoms with Crippen LogP contribution in [0, 0.1) is 0 Å². The van der Waals surface area contributed by atoms with Crippen LogP contribution in [0.15, 0.2) is 89.5 Å². The van der Waals surface area contributed by atoms with E-state index in [0.29, 0.717) is 17.2 Å². The number of amides is 1. The standard InChI is InChI=1S/C21H18N4O3S2/c26-20(17-5-7-18(8-6-17)25-12-1-2-13-25)23-15-16-3-9-19(10-4-16)30(27,28)24-21-22-11-14-29-21/h1-14H,15H2,(H,22,24)(H,23,26). The summed E-state index contributed by atoms with van der Waals surface area (Å²) in [5.74, 6) is -0.198. The molecular formula is C21H18N4O3S2. The molecule has 2 aromatic heterocycles. The minimum absolute atomic E-state index is 0.133. The van der Waals surface area contributed by atoms with Crippen molar-refractivity contribution in [3.63, 3.8) is 0 Å². The van der Waals surface area contributed by atoms with E-state index in [4.69, 9.17) is 0 Å². The molecule has 0 saturated carbocycles. The highest BCUT2D eigenvalue weighted by Gasteiger charge is 2.15. The molecule has 0 atom stereocenters. The van der Waals surface area contributed by atoms with Gasteiger partial charge in [0.1, 0.15) is 0 Å². The maximum Gasteiger partial charge on any atom is 0.263 e. The van der Waals surface area contributed by atoms with Crippen LogP contribution in [0.1, 0.15) is 15.9 Å². The van der Waals surface area contributed by atoms with Gasteiger partial charge in [0.05, 0.1) is 4.90 Å². The van der Waals surface area contributed by atoms with E-state index in [-0.39, 0.29) is 10.8 Å². The highest BCUT2D eigenvalue weighted by Crippen LogP contribution is 2.18. The third-order valence-electron chi connectivity index (χ3n) is 4.37. The van der Waals surface area contributed by atoms with Gasteiger partial charge in [-0.25, -0.2) is 13.4 Å². The molecule has 0 aliphatic carbocycles. The second kappa shape index (κ2) is 8.52. The third-order valence-corrected chi connectivity index (χ3v) is 6.55. The molecule has 1 amide bonds. The van der Waals surface area contributed by atoms with Gasteiger partial charge >= 0.3 is 0 Å². The van der Waals surface area contributed by atoms with Crippen LogP contribution < -0.4 is 10.0 Å². The SMILES string of the molecule is O=C(NCc1ccc(S(=O)(=O)Nc2nccs2)cc1)c1ccc(-n2cccc2)cc1. The van der Waals surface area contributed by atoms with Crippen LogP contribution in [-0.2, 0) is 16.6 Å². The Balaban J connectivity index is 1.36. The molecule has 2 N–H and O–H groups in total. The summed E-state index contributed by atoms with van der Waals surface area (Å²) in [6.45, 7) is 0.290. The summed E-state index contributed by atoms with van der Waals surface area (Å²) < 4.78 is 29.1. The van der Waals surface area contributed by atoms with Gasteiger partial charge in [0.25, 0.3) is 15.9 Å². The van der Waals surface area contributed by atoms with Crippen molar-refractivity contribution in [3.8, 4) is 5.69 Å². The molecule has 2 heterocycles. The van der Waals surface area contributed by atoms with E-state index in [2.05, 4.69) is 15.0 Å². The number of hydrogen-bond acceptors (Lipinski definition) is 5. The van der Waals surface area contributed by atoms with E-state index in [9.17, 15) is 13.2 Å². The molecule has 0 radical (unpaired) electrons. The normalized spacial score (nSPS) is 11.2. The lowest BCUT2D eigenvalue weighted by atomic mass is 10.1. The van der Waals surface area contributed by atoms with Gasteiger partial charge in [-0.05, 0) is 54.1 Å². The summed E-state index contributed by atoms with van der Waals surface area (Å²) in [6, 6.07) is 17.5. The summed E-state index contributed by atoms with van der Waals surface area (Å²) >= 11 is 1.21. The fourth-order valence-electron chi connectivity index (χ4n) is 2.81. The molecule has 4 aromatic rings. The van der Waals surface area contributed by atoms with Crippen molar-refractivity contribution in [2.24, 2.45) is 0 Å². The molecule has 0 aliphatic rings. The van der Waals surface area contributed by atoms with Crippen molar-refractivity contribution in [2.75, 3.05) is 4.72 Å². The summed E-state index contributed by atoms with van der Waals surface area (Å²) in [6.07, 6.45) is 5.40. The van der Waals surface area contributed by atoms with Crippen LogP contribution in [0.3, 0.4) is 0 Å². The number of carbonyl (C=O) groups is 1. The molecule has 152 valence electrons. The number of sulfonamides is 1. The molecule has 7 nitrogen and oxygen atoms in total. The Hall–Kier alpha value is -3.43. The van der Waals surface area contributed by atoms with Crippen molar-refractivity contribution in [1.29, 1.82) is 0 Å². The van der Waals surface area contributed by atoms with E-state index >= 15 is 0 Å². The van der Waals surface area contributed by atoms with Crippen LogP contribution in [-0.4, -0.2) is 23.9 Å². The number of rotatable bonds is 7. The third kappa shape index (κ3) is 4.58. The van der Waals surface area contributed by atoms with Gasteiger partial charge in [0.2, 0.25) is 0 Å². The van der Waals surface area contributed by atoms with Gasteiger partial charge in [-0.15, -0.1) is 11.3 Å². The number of anilines is 1. The van der Waals surface area contributed by atoms with Crippen molar-refractivity contribution in [2.45, 2.75) is 11.4 Å². The number of benzene rings is 2. The fourth-order valence-corrected chi connectivity index (χ4v) is 4.60. The van der Waals surface area contributed by atoms with Gasteiger partial charge < -0.3 is 9.88 Å². The molecular weight excluding hydrogens is 420 g/mol. The van der Waals surface area contributed by atoms with Gasteiger partial charge in [-0.3, -0.25) is 9.52 Å². The average molecular weight is 439 g/mol. The predicted molar refractivity (Wildman–Crippen MR) is 116 cm³/mol. The molecule has 2 aromatic carbocycles. The Kier molecular flexibility index (Phi) is 5.64. The first-order valence-corrected chi connectivity index (χ1v) is 11.4. The number of nitrogens with zero attached hydrogens (tertiary/aromatic N) is 2.